The number of fused-ring (bicyclic) bond motifs is 3. The quantitative estimate of drug-likeness (QED) is 0.584. The van der Waals surface area contributed by atoms with Gasteiger partial charge in [-0.05, 0) is 31.7 Å². The molecule has 1 fully saturated rings. The summed E-state index contributed by atoms with van der Waals surface area (Å²) in [5, 5.41) is 12.0. The minimum absolute atomic E-state index is 0.231. The molecule has 3 aromatic carbocycles. The van der Waals surface area contributed by atoms with E-state index in [4.69, 9.17) is 16.3 Å². The van der Waals surface area contributed by atoms with Crippen LogP contribution in [-0.4, -0.2) is 60.1 Å². The zero-order chi connectivity index (χ0) is 23.7. The van der Waals surface area contributed by atoms with Crippen LogP contribution in [0.1, 0.15) is 35.3 Å². The van der Waals surface area contributed by atoms with Gasteiger partial charge in [-0.1, -0.05) is 78.3 Å². The number of halogens is 1. The summed E-state index contributed by atoms with van der Waals surface area (Å²) in [7, 11) is 2.16. The Balaban J connectivity index is 0.000000152. The number of hydrogen-bond donors (Lipinski definition) is 1. The predicted molar refractivity (Wildman–Crippen MR) is 136 cm³/mol. The largest absolute Gasteiger partial charge is 0.371 e. The van der Waals surface area contributed by atoms with Crippen molar-refractivity contribution in [2.24, 2.45) is 4.99 Å². The lowest BCUT2D eigenvalue weighted by atomic mass is 9.94. The van der Waals surface area contributed by atoms with Gasteiger partial charge in [0.15, 0.2) is 5.72 Å². The highest BCUT2D eigenvalue weighted by atomic mass is 35.5. The van der Waals surface area contributed by atoms with Crippen LogP contribution in [0, 0.1) is 0 Å². The maximum Gasteiger partial charge on any atom is 0.193 e. The van der Waals surface area contributed by atoms with Gasteiger partial charge < -0.3 is 14.7 Å². The SMILES string of the molecule is CC1C(c2ccccc2)OCCN1C.OC1(c2ccc(Cl)cc2)c2ccccc2C2=NCCN21. The first-order valence-corrected chi connectivity index (χ1v) is 12.1. The number of benzene rings is 3. The van der Waals surface area contributed by atoms with Gasteiger partial charge >= 0.3 is 0 Å². The summed E-state index contributed by atoms with van der Waals surface area (Å²) in [5.74, 6) is 0.887. The predicted octanol–water partition coefficient (Wildman–Crippen LogP) is 4.69. The highest BCUT2D eigenvalue weighted by Crippen LogP contribution is 2.43. The van der Waals surface area contributed by atoms with E-state index in [1.165, 1.54) is 5.56 Å². The van der Waals surface area contributed by atoms with E-state index in [0.29, 0.717) is 11.1 Å². The number of hydrogen-bond acceptors (Lipinski definition) is 5. The Labute approximate surface area is 206 Å². The van der Waals surface area contributed by atoms with Crippen LogP contribution in [0.4, 0.5) is 0 Å². The molecule has 0 spiro atoms. The van der Waals surface area contributed by atoms with Gasteiger partial charge in [0.2, 0.25) is 0 Å². The summed E-state index contributed by atoms with van der Waals surface area (Å²) in [6.45, 7) is 5.53. The summed E-state index contributed by atoms with van der Waals surface area (Å²) in [6, 6.07) is 26.2. The topological polar surface area (TPSA) is 48.3 Å². The molecule has 3 aromatic rings. The number of aliphatic hydroxyl groups is 1. The van der Waals surface area contributed by atoms with Gasteiger partial charge in [0.05, 0.1) is 19.3 Å². The molecule has 5 nitrogen and oxygen atoms in total. The molecule has 6 heteroatoms. The maximum absolute atomic E-state index is 11.4. The van der Waals surface area contributed by atoms with Crippen LogP contribution in [0.25, 0.3) is 0 Å². The summed E-state index contributed by atoms with van der Waals surface area (Å²) >= 11 is 5.96. The molecule has 3 atom stereocenters. The molecule has 0 saturated carbocycles. The molecule has 6 rings (SSSR count). The van der Waals surface area contributed by atoms with Gasteiger partial charge in [0.1, 0.15) is 5.84 Å². The van der Waals surface area contributed by atoms with E-state index in [9.17, 15) is 5.11 Å². The minimum atomic E-state index is -1.14. The second-order valence-electron chi connectivity index (χ2n) is 9.00. The van der Waals surface area contributed by atoms with Crippen molar-refractivity contribution in [2.75, 3.05) is 33.3 Å². The Kier molecular flexibility index (Phi) is 6.45. The third kappa shape index (κ3) is 4.03. The first kappa shape index (κ1) is 23.1. The first-order valence-electron chi connectivity index (χ1n) is 11.8. The second kappa shape index (κ2) is 9.51. The lowest BCUT2D eigenvalue weighted by Crippen LogP contribution is -2.43. The fourth-order valence-electron chi connectivity index (χ4n) is 5.03. The molecule has 3 heterocycles. The molecular formula is C28H30ClN3O2. The average Bonchev–Trinajstić information content (AvgIpc) is 3.45. The van der Waals surface area contributed by atoms with Gasteiger partial charge in [0, 0.05) is 40.8 Å². The highest BCUT2D eigenvalue weighted by molar-refractivity contribution is 6.30. The van der Waals surface area contributed by atoms with Crippen molar-refractivity contribution < 1.29 is 9.84 Å². The normalized spacial score (nSPS) is 25.8. The molecule has 176 valence electrons. The van der Waals surface area contributed by atoms with Gasteiger partial charge in [-0.2, -0.15) is 0 Å². The van der Waals surface area contributed by atoms with Crippen molar-refractivity contribution in [1.82, 2.24) is 9.80 Å². The fourth-order valence-corrected chi connectivity index (χ4v) is 5.16. The van der Waals surface area contributed by atoms with E-state index in [1.54, 1.807) is 0 Å². The zero-order valence-corrected chi connectivity index (χ0v) is 20.3. The third-order valence-electron chi connectivity index (χ3n) is 7.02. The molecule has 1 saturated heterocycles. The van der Waals surface area contributed by atoms with Crippen molar-refractivity contribution in [3.8, 4) is 0 Å². The number of likely N-dealkylation sites (N-methyl/N-ethyl adjacent to an activating group) is 1. The van der Waals surface area contributed by atoms with Gasteiger partial charge in [-0.25, -0.2) is 0 Å². The van der Waals surface area contributed by atoms with E-state index in [2.05, 4.69) is 48.1 Å². The van der Waals surface area contributed by atoms with Crippen molar-refractivity contribution in [1.29, 1.82) is 0 Å². The van der Waals surface area contributed by atoms with Crippen LogP contribution < -0.4 is 0 Å². The van der Waals surface area contributed by atoms with E-state index in [1.807, 2.05) is 59.5 Å². The second-order valence-corrected chi connectivity index (χ2v) is 9.44. The fraction of sp³-hybridized carbons (Fsp3) is 0.321. The molecule has 0 aromatic heterocycles. The smallest absolute Gasteiger partial charge is 0.193 e. The lowest BCUT2D eigenvalue weighted by Gasteiger charge is -2.37. The third-order valence-corrected chi connectivity index (χ3v) is 7.28. The van der Waals surface area contributed by atoms with Crippen LogP contribution >= 0.6 is 11.6 Å². The molecule has 0 aliphatic carbocycles. The Morgan fingerprint density at radius 1 is 0.971 bits per heavy atom. The van der Waals surface area contributed by atoms with Crippen LogP contribution in [0.15, 0.2) is 83.9 Å². The minimum Gasteiger partial charge on any atom is -0.371 e. The molecule has 3 unspecified atom stereocenters. The number of ether oxygens (including phenoxy) is 1. The number of rotatable bonds is 2. The van der Waals surface area contributed by atoms with Gasteiger partial charge in [-0.15, -0.1) is 0 Å². The van der Waals surface area contributed by atoms with E-state index in [0.717, 1.165) is 48.8 Å². The number of morpholine rings is 1. The van der Waals surface area contributed by atoms with Crippen LogP contribution in [-0.2, 0) is 10.5 Å². The van der Waals surface area contributed by atoms with Crippen molar-refractivity contribution in [3.63, 3.8) is 0 Å². The standard InChI is InChI=1S/C16H13ClN2O.C12H17NO/c17-12-7-5-11(6-8-12)16(20)14-4-2-1-3-13(14)15-18-9-10-19(15)16;1-10-12(14-9-8-13(10)2)11-6-4-3-5-7-11/h1-8,20H,9-10H2;3-7,10,12H,8-9H2,1-2H3. The summed E-state index contributed by atoms with van der Waals surface area (Å²) in [4.78, 5) is 8.86. The zero-order valence-electron chi connectivity index (χ0n) is 19.6. The first-order chi connectivity index (χ1) is 16.5. The average molecular weight is 476 g/mol. The molecular weight excluding hydrogens is 446 g/mol. The highest BCUT2D eigenvalue weighted by Gasteiger charge is 2.49. The molecule has 34 heavy (non-hydrogen) atoms. The number of amidine groups is 1. The maximum atomic E-state index is 11.4. The Bertz CT molecular complexity index is 1170. The Hall–Kier alpha value is -2.70. The monoisotopic (exact) mass is 475 g/mol. The lowest BCUT2D eigenvalue weighted by molar-refractivity contribution is -0.0571. The number of aliphatic imine (C=N–C) groups is 1. The molecule has 0 amide bonds. The van der Waals surface area contributed by atoms with Gasteiger partial charge in [0.25, 0.3) is 0 Å². The van der Waals surface area contributed by atoms with Crippen LogP contribution in [0.5, 0.6) is 0 Å². The molecule has 0 radical (unpaired) electrons. The molecule has 1 N–H and O–H groups in total. The van der Waals surface area contributed by atoms with E-state index < -0.39 is 5.72 Å². The Morgan fingerprint density at radius 3 is 2.44 bits per heavy atom. The number of nitrogens with zero attached hydrogens (tertiary/aromatic N) is 3. The van der Waals surface area contributed by atoms with Crippen molar-refractivity contribution in [3.05, 3.63) is 106 Å². The van der Waals surface area contributed by atoms with Crippen molar-refractivity contribution in [2.45, 2.75) is 24.8 Å². The molecule has 0 bridgehead atoms. The van der Waals surface area contributed by atoms with E-state index >= 15 is 0 Å². The van der Waals surface area contributed by atoms with Crippen molar-refractivity contribution >= 4 is 17.4 Å². The summed E-state index contributed by atoms with van der Waals surface area (Å²) < 4.78 is 5.80. The Morgan fingerprint density at radius 2 is 1.68 bits per heavy atom. The van der Waals surface area contributed by atoms with Crippen LogP contribution in [0.2, 0.25) is 5.02 Å². The van der Waals surface area contributed by atoms with Crippen LogP contribution in [0.3, 0.4) is 0 Å². The molecule has 3 aliphatic heterocycles. The van der Waals surface area contributed by atoms with E-state index in [-0.39, 0.29) is 6.10 Å². The van der Waals surface area contributed by atoms with Gasteiger partial charge in [-0.3, -0.25) is 9.89 Å². The molecule has 3 aliphatic rings. The summed E-state index contributed by atoms with van der Waals surface area (Å²) in [6.07, 6.45) is 0.231. The summed E-state index contributed by atoms with van der Waals surface area (Å²) in [5.41, 5.74) is 2.87.